The average Bonchev–Trinajstić information content (AvgIpc) is 3.59. The van der Waals surface area contributed by atoms with Crippen molar-refractivity contribution in [1.29, 1.82) is 0 Å². The van der Waals surface area contributed by atoms with Crippen LogP contribution in [0.4, 0.5) is 0 Å². The molecule has 0 unspecified atom stereocenters. The molecule has 0 bridgehead atoms. The minimum absolute atomic E-state index is 0.122. The molecule has 8 aromatic carbocycles. The molecule has 5 nitrogen and oxygen atoms in total. The first-order valence-corrected chi connectivity index (χ1v) is 21.3. The highest BCUT2D eigenvalue weighted by atomic mass is 15.0. The summed E-state index contributed by atoms with van der Waals surface area (Å²) in [4.78, 5) is 25.5. The third kappa shape index (κ3) is 7.19. The second-order valence-corrected chi connectivity index (χ2v) is 16.5. The molecule has 5 heteroatoms. The first kappa shape index (κ1) is 37.8. The highest BCUT2D eigenvalue weighted by Gasteiger charge is 2.35. The second-order valence-electron chi connectivity index (χ2n) is 16.5. The van der Waals surface area contributed by atoms with Crippen LogP contribution in [-0.4, -0.2) is 24.9 Å². The average molecular weight is 808 g/mol. The minimum Gasteiger partial charge on any atom is -0.228 e. The quantitative estimate of drug-likeness (QED) is 0.153. The van der Waals surface area contributed by atoms with Gasteiger partial charge in [0, 0.05) is 38.8 Å². The highest BCUT2D eigenvalue weighted by Crippen LogP contribution is 2.49. The lowest BCUT2D eigenvalue weighted by Crippen LogP contribution is -2.14. The van der Waals surface area contributed by atoms with Crippen LogP contribution in [0.2, 0.25) is 0 Å². The van der Waals surface area contributed by atoms with Gasteiger partial charge in [-0.05, 0) is 68.8 Å². The van der Waals surface area contributed by atoms with Crippen LogP contribution in [-0.2, 0) is 5.41 Å². The van der Waals surface area contributed by atoms with Crippen molar-refractivity contribution in [3.8, 4) is 101 Å². The minimum atomic E-state index is -0.122. The maximum atomic E-state index is 5.19. The topological polar surface area (TPSA) is 64.5 Å². The molecule has 0 atom stereocenters. The van der Waals surface area contributed by atoms with E-state index < -0.39 is 0 Å². The normalized spacial score (nSPS) is 12.4. The van der Waals surface area contributed by atoms with E-state index in [4.69, 9.17) is 24.9 Å². The summed E-state index contributed by atoms with van der Waals surface area (Å²) in [6, 6.07) is 73.8. The van der Waals surface area contributed by atoms with E-state index in [0.717, 1.165) is 67.0 Å². The zero-order valence-electron chi connectivity index (χ0n) is 34.9. The van der Waals surface area contributed by atoms with E-state index in [1.54, 1.807) is 0 Å². The van der Waals surface area contributed by atoms with Gasteiger partial charge in [0.05, 0.1) is 11.4 Å². The molecule has 0 fully saturated rings. The van der Waals surface area contributed by atoms with Crippen molar-refractivity contribution in [3.63, 3.8) is 0 Å². The van der Waals surface area contributed by atoms with Crippen LogP contribution < -0.4 is 0 Å². The summed E-state index contributed by atoms with van der Waals surface area (Å²) in [6.45, 7) is 4.63. The molecule has 298 valence electrons. The van der Waals surface area contributed by atoms with E-state index in [9.17, 15) is 0 Å². The molecule has 0 N–H and O–H groups in total. The summed E-state index contributed by atoms with van der Waals surface area (Å²) in [6.07, 6.45) is 0. The molecule has 0 saturated heterocycles. The van der Waals surface area contributed by atoms with Gasteiger partial charge in [0.25, 0.3) is 0 Å². The molecule has 10 aromatic rings. The Labute approximate surface area is 367 Å². The third-order valence-electron chi connectivity index (χ3n) is 12.2. The van der Waals surface area contributed by atoms with Gasteiger partial charge in [-0.25, -0.2) is 24.9 Å². The molecule has 0 spiro atoms. The predicted molar refractivity (Wildman–Crippen MR) is 256 cm³/mol. The lowest BCUT2D eigenvalue weighted by Gasteiger charge is -2.22. The lowest BCUT2D eigenvalue weighted by molar-refractivity contribution is 0.660. The molecular weight excluding hydrogens is 767 g/mol. The van der Waals surface area contributed by atoms with Crippen LogP contribution in [0.3, 0.4) is 0 Å². The van der Waals surface area contributed by atoms with Crippen molar-refractivity contribution in [3.05, 3.63) is 223 Å². The fraction of sp³-hybridized carbons (Fsp3) is 0.0517. The Bertz CT molecular complexity index is 3290. The first-order chi connectivity index (χ1) is 30.9. The monoisotopic (exact) mass is 807 g/mol. The van der Waals surface area contributed by atoms with Crippen molar-refractivity contribution in [2.75, 3.05) is 0 Å². The lowest BCUT2D eigenvalue weighted by atomic mass is 9.82. The largest absolute Gasteiger partial charge is 0.228 e. The van der Waals surface area contributed by atoms with Gasteiger partial charge >= 0.3 is 0 Å². The number of rotatable bonds is 8. The second kappa shape index (κ2) is 15.7. The van der Waals surface area contributed by atoms with Crippen LogP contribution in [0.5, 0.6) is 0 Å². The Morgan fingerprint density at radius 1 is 0.254 bits per heavy atom. The fourth-order valence-corrected chi connectivity index (χ4v) is 8.81. The summed E-state index contributed by atoms with van der Waals surface area (Å²) in [7, 11) is 0. The summed E-state index contributed by atoms with van der Waals surface area (Å²) >= 11 is 0. The molecule has 11 rings (SSSR count). The summed E-state index contributed by atoms with van der Waals surface area (Å²) in [5.41, 5.74) is 17.1. The molecule has 2 heterocycles. The van der Waals surface area contributed by atoms with Crippen LogP contribution in [0.1, 0.15) is 25.0 Å². The standard InChI is InChI=1S/C58H41N5/c1-58(2)50-27-13-12-26-48(50)49-33-32-46(36-51(49)58)53-37-52(59-54(60-53)40-18-8-4-9-19-40)45-24-14-22-43(34-45)44-23-15-25-47(35-44)57-62-55(41-20-10-5-11-21-41)61-56(63-57)42-30-28-39(29-31-42)38-16-6-3-7-17-38/h3-37H,1-2H3. The molecule has 1 aliphatic carbocycles. The number of aromatic nitrogens is 5. The predicted octanol–water partition coefficient (Wildman–Crippen LogP) is 14.3. The highest BCUT2D eigenvalue weighted by molar-refractivity contribution is 5.84. The van der Waals surface area contributed by atoms with E-state index in [1.165, 1.54) is 22.3 Å². The van der Waals surface area contributed by atoms with Gasteiger partial charge in [0.1, 0.15) is 0 Å². The van der Waals surface area contributed by atoms with Crippen molar-refractivity contribution in [2.45, 2.75) is 19.3 Å². The Balaban J connectivity index is 0.974. The Morgan fingerprint density at radius 3 is 1.25 bits per heavy atom. The van der Waals surface area contributed by atoms with Crippen molar-refractivity contribution in [2.24, 2.45) is 0 Å². The Kier molecular flexibility index (Phi) is 9.43. The molecule has 0 radical (unpaired) electrons. The molecule has 63 heavy (non-hydrogen) atoms. The van der Waals surface area contributed by atoms with E-state index >= 15 is 0 Å². The van der Waals surface area contributed by atoms with Gasteiger partial charge in [-0.2, -0.15) is 0 Å². The molecule has 0 aliphatic heterocycles. The molecule has 0 amide bonds. The smallest absolute Gasteiger partial charge is 0.164 e. The van der Waals surface area contributed by atoms with E-state index in [0.29, 0.717) is 23.3 Å². The first-order valence-electron chi connectivity index (χ1n) is 21.3. The Hall–Kier alpha value is -8.15. The van der Waals surface area contributed by atoms with Gasteiger partial charge in [0.2, 0.25) is 0 Å². The van der Waals surface area contributed by atoms with Crippen molar-refractivity contribution >= 4 is 0 Å². The maximum absolute atomic E-state index is 5.19. The van der Waals surface area contributed by atoms with Crippen LogP contribution >= 0.6 is 0 Å². The van der Waals surface area contributed by atoms with Crippen molar-refractivity contribution in [1.82, 2.24) is 24.9 Å². The summed E-state index contributed by atoms with van der Waals surface area (Å²) in [5.74, 6) is 2.54. The molecular formula is C58H41N5. The van der Waals surface area contributed by atoms with Gasteiger partial charge in [0.15, 0.2) is 23.3 Å². The fourth-order valence-electron chi connectivity index (χ4n) is 8.81. The van der Waals surface area contributed by atoms with Gasteiger partial charge in [-0.1, -0.05) is 202 Å². The SMILES string of the molecule is CC1(C)c2ccccc2-c2ccc(-c3cc(-c4cccc(-c5cccc(-c6nc(-c7ccccc7)nc(-c7ccc(-c8ccccc8)cc7)n6)c5)c4)nc(-c4ccccc4)n3)cc21. The zero-order chi connectivity index (χ0) is 42.3. The third-order valence-corrected chi connectivity index (χ3v) is 12.2. The van der Waals surface area contributed by atoms with Crippen LogP contribution in [0, 0.1) is 0 Å². The number of hydrogen-bond acceptors (Lipinski definition) is 5. The maximum Gasteiger partial charge on any atom is 0.164 e. The van der Waals surface area contributed by atoms with Crippen molar-refractivity contribution < 1.29 is 0 Å². The van der Waals surface area contributed by atoms with E-state index in [2.05, 4.69) is 172 Å². The van der Waals surface area contributed by atoms with Gasteiger partial charge < -0.3 is 0 Å². The summed E-state index contributed by atoms with van der Waals surface area (Å²) < 4.78 is 0. The summed E-state index contributed by atoms with van der Waals surface area (Å²) in [5, 5.41) is 0. The Morgan fingerprint density at radius 2 is 0.635 bits per heavy atom. The van der Waals surface area contributed by atoms with Crippen LogP contribution in [0.25, 0.3) is 101 Å². The zero-order valence-corrected chi connectivity index (χ0v) is 34.9. The van der Waals surface area contributed by atoms with Gasteiger partial charge in [-0.15, -0.1) is 0 Å². The van der Waals surface area contributed by atoms with E-state index in [-0.39, 0.29) is 5.41 Å². The number of benzene rings is 8. The van der Waals surface area contributed by atoms with E-state index in [1.807, 2.05) is 54.6 Å². The number of fused-ring (bicyclic) bond motifs is 3. The molecule has 1 aliphatic rings. The van der Waals surface area contributed by atoms with Crippen LogP contribution in [0.15, 0.2) is 212 Å². The molecule has 0 saturated carbocycles. The number of nitrogens with zero attached hydrogens (tertiary/aromatic N) is 5. The van der Waals surface area contributed by atoms with Gasteiger partial charge in [-0.3, -0.25) is 0 Å². The molecule has 2 aromatic heterocycles. The number of hydrogen-bond donors (Lipinski definition) is 0.